The SMILES string of the molecule is CCCCC(=O)N[C@@H](c1ccccc1)[C@@H](O)C(=O)O[C@H]1C[C@@]2(O)C(OC(=O)c3ccccc3)C3[C@](C)(C(=O)[C@H](OC(C)=O)C(=C1C)C2(C)C)[C@@H](O)C[C@H]1OC[C@@]31OC(C)=O. The molecule has 2 saturated carbocycles. The molecular weight excluding hydrogens is 778 g/mol. The molecule has 4 N–H and O–H groups in total. The molecule has 0 spiro atoms. The van der Waals surface area contributed by atoms with Gasteiger partial charge in [-0.05, 0) is 49.1 Å². The highest BCUT2D eigenvalue weighted by atomic mass is 16.6. The topological polar surface area (TPSA) is 221 Å². The van der Waals surface area contributed by atoms with Crippen LogP contribution in [0.4, 0.5) is 0 Å². The number of fused-ring (bicyclic) bond motifs is 5. The Kier molecular flexibility index (Phi) is 12.5. The molecule has 1 aliphatic heterocycles. The van der Waals surface area contributed by atoms with Gasteiger partial charge in [0, 0.05) is 38.5 Å². The van der Waals surface area contributed by atoms with E-state index in [-0.39, 0.29) is 36.2 Å². The summed E-state index contributed by atoms with van der Waals surface area (Å²) in [5.74, 6) is -6.57. The molecule has 1 heterocycles. The Hall–Kier alpha value is -4.96. The quantitative estimate of drug-likeness (QED) is 0.136. The summed E-state index contributed by atoms with van der Waals surface area (Å²) in [5.41, 5.74) is -7.13. The number of rotatable bonds is 12. The van der Waals surface area contributed by atoms with Crippen molar-refractivity contribution in [3.05, 3.63) is 82.9 Å². The molecule has 4 aliphatic rings. The van der Waals surface area contributed by atoms with Gasteiger partial charge in [-0.25, -0.2) is 9.59 Å². The van der Waals surface area contributed by atoms with Gasteiger partial charge in [0.05, 0.1) is 35.6 Å². The van der Waals surface area contributed by atoms with Crippen LogP contribution in [0.2, 0.25) is 0 Å². The lowest BCUT2D eigenvalue weighted by atomic mass is 9.44. The van der Waals surface area contributed by atoms with E-state index in [1.54, 1.807) is 62.4 Å². The lowest BCUT2D eigenvalue weighted by molar-refractivity contribution is -0.346. The van der Waals surface area contributed by atoms with Crippen LogP contribution in [0.3, 0.4) is 0 Å². The van der Waals surface area contributed by atoms with Crippen molar-refractivity contribution in [3.63, 3.8) is 0 Å². The van der Waals surface area contributed by atoms with Gasteiger partial charge < -0.3 is 44.3 Å². The van der Waals surface area contributed by atoms with Crippen LogP contribution >= 0.6 is 0 Å². The van der Waals surface area contributed by atoms with E-state index < -0.39 is 113 Å². The minimum Gasteiger partial charge on any atom is -0.456 e. The van der Waals surface area contributed by atoms with Crippen LogP contribution in [0.15, 0.2) is 71.8 Å². The lowest BCUT2D eigenvalue weighted by Gasteiger charge is -2.67. The number of unbranched alkanes of at least 4 members (excludes halogenated alkanes) is 1. The first-order chi connectivity index (χ1) is 28.2. The maximum atomic E-state index is 15.4. The molecule has 2 aromatic rings. The summed E-state index contributed by atoms with van der Waals surface area (Å²) >= 11 is 0. The number of amides is 1. The van der Waals surface area contributed by atoms with Crippen LogP contribution in [0.1, 0.15) is 103 Å². The Morgan fingerprint density at radius 1 is 0.933 bits per heavy atom. The van der Waals surface area contributed by atoms with Gasteiger partial charge in [-0.3, -0.25) is 19.2 Å². The van der Waals surface area contributed by atoms with Gasteiger partial charge in [0.25, 0.3) is 0 Å². The molecule has 0 aromatic heterocycles. The number of ketones is 1. The number of hydrogen-bond donors (Lipinski definition) is 4. The number of carbonyl (C=O) groups excluding carboxylic acids is 6. The molecule has 2 bridgehead atoms. The Balaban J connectivity index is 1.54. The molecule has 60 heavy (non-hydrogen) atoms. The number of nitrogens with one attached hydrogen (secondary N) is 1. The van der Waals surface area contributed by atoms with Gasteiger partial charge in [-0.15, -0.1) is 0 Å². The summed E-state index contributed by atoms with van der Waals surface area (Å²) in [7, 11) is 0. The molecule has 1 amide bonds. The van der Waals surface area contributed by atoms with Crippen LogP contribution < -0.4 is 5.32 Å². The number of ether oxygens (including phenoxy) is 5. The third kappa shape index (κ3) is 7.54. The molecule has 15 nitrogen and oxygen atoms in total. The second-order valence-corrected chi connectivity index (χ2v) is 17.2. The Morgan fingerprint density at radius 3 is 2.13 bits per heavy atom. The van der Waals surface area contributed by atoms with Crippen LogP contribution in [0.5, 0.6) is 0 Å². The second kappa shape index (κ2) is 16.8. The Labute approximate surface area is 348 Å². The zero-order valence-corrected chi connectivity index (χ0v) is 35.0. The zero-order valence-electron chi connectivity index (χ0n) is 35.0. The van der Waals surface area contributed by atoms with Crippen molar-refractivity contribution in [2.45, 2.75) is 134 Å². The zero-order chi connectivity index (χ0) is 43.9. The van der Waals surface area contributed by atoms with E-state index in [1.165, 1.54) is 26.0 Å². The Bertz CT molecular complexity index is 2030. The van der Waals surface area contributed by atoms with Gasteiger partial charge in [-0.2, -0.15) is 0 Å². The van der Waals surface area contributed by atoms with Crippen LogP contribution in [0, 0.1) is 16.7 Å². The minimum atomic E-state index is -2.37. The molecule has 3 fully saturated rings. The van der Waals surface area contributed by atoms with Gasteiger partial charge >= 0.3 is 23.9 Å². The molecule has 2 aromatic carbocycles. The van der Waals surface area contributed by atoms with E-state index in [2.05, 4.69) is 5.32 Å². The van der Waals surface area contributed by atoms with Crippen LogP contribution in [-0.2, 0) is 47.7 Å². The molecule has 324 valence electrons. The standard InChI is InChI=1S/C45H55NO14/c1-8-9-20-32(50)46-34(27-16-12-10-13-17-27)35(51)41(54)58-29-22-45(55)39(59-40(53)28-18-14-11-15-19-28)37-43(7,30(49)21-31-44(37,23-56-31)60-26(4)48)38(52)36(57-25(3)47)33(24(29)2)42(45,5)6/h10-19,29-31,34-37,39,49,51,55H,8-9,20-23H2,1-7H3,(H,46,50)/t29-,30-,31+,34-,35+,36+,37?,39?,43+,44-,45+/m0/s1. The van der Waals surface area contributed by atoms with Crippen LogP contribution in [-0.4, -0.2) is 105 Å². The molecule has 1 saturated heterocycles. The molecule has 15 heteroatoms. The number of esters is 4. The van der Waals surface area contributed by atoms with E-state index in [1.807, 2.05) is 6.92 Å². The summed E-state index contributed by atoms with van der Waals surface area (Å²) in [6.45, 7) is 9.94. The predicted molar refractivity (Wildman–Crippen MR) is 211 cm³/mol. The highest BCUT2D eigenvalue weighted by Crippen LogP contribution is 2.64. The maximum absolute atomic E-state index is 15.4. The maximum Gasteiger partial charge on any atom is 0.338 e. The average Bonchev–Trinajstić information content (AvgIpc) is 3.20. The first kappa shape index (κ1) is 44.6. The number of carbonyl (C=O) groups is 6. The fourth-order valence-corrected chi connectivity index (χ4v) is 9.95. The Morgan fingerprint density at radius 2 is 1.57 bits per heavy atom. The number of benzene rings is 2. The lowest BCUT2D eigenvalue weighted by Crippen LogP contribution is -2.82. The molecule has 6 rings (SSSR count). The monoisotopic (exact) mass is 833 g/mol. The number of aliphatic hydroxyl groups excluding tert-OH is 2. The summed E-state index contributed by atoms with van der Waals surface area (Å²) in [4.78, 5) is 82.7. The molecule has 3 aliphatic carbocycles. The van der Waals surface area contributed by atoms with E-state index in [0.29, 0.717) is 12.0 Å². The molecule has 0 radical (unpaired) electrons. The van der Waals surface area contributed by atoms with E-state index in [0.717, 1.165) is 20.3 Å². The van der Waals surface area contributed by atoms with Crippen molar-refractivity contribution >= 4 is 35.6 Å². The number of Topliss-reactive ketones (excluding diaryl/α,β-unsaturated/α-hetero) is 1. The fraction of sp³-hybridized carbons (Fsp3) is 0.556. The van der Waals surface area contributed by atoms with Crippen molar-refractivity contribution in [2.24, 2.45) is 16.7 Å². The van der Waals surface area contributed by atoms with Crippen molar-refractivity contribution < 1.29 is 67.8 Å². The van der Waals surface area contributed by atoms with E-state index >= 15 is 4.79 Å². The third-order valence-corrected chi connectivity index (χ3v) is 13.2. The summed E-state index contributed by atoms with van der Waals surface area (Å²) in [5, 5.41) is 40.1. The van der Waals surface area contributed by atoms with Gasteiger partial charge in [0.1, 0.15) is 23.9 Å². The molecular formula is C45H55NO14. The number of hydrogen-bond acceptors (Lipinski definition) is 14. The first-order valence-corrected chi connectivity index (χ1v) is 20.4. The third-order valence-electron chi connectivity index (χ3n) is 13.2. The van der Waals surface area contributed by atoms with Crippen molar-refractivity contribution in [2.75, 3.05) is 6.61 Å². The highest BCUT2D eigenvalue weighted by molar-refractivity contribution is 5.95. The minimum absolute atomic E-state index is 0.0115. The second-order valence-electron chi connectivity index (χ2n) is 17.2. The molecule has 2 unspecified atom stereocenters. The normalized spacial score (nSPS) is 32.6. The van der Waals surface area contributed by atoms with Gasteiger partial charge in [0.15, 0.2) is 23.6 Å². The number of aliphatic hydroxyl groups is 3. The highest BCUT2D eigenvalue weighted by Gasteiger charge is 2.78. The summed E-state index contributed by atoms with van der Waals surface area (Å²) in [6, 6.07) is 15.0. The molecule has 11 atom stereocenters. The van der Waals surface area contributed by atoms with Crippen molar-refractivity contribution in [3.8, 4) is 0 Å². The smallest absolute Gasteiger partial charge is 0.338 e. The van der Waals surface area contributed by atoms with Crippen molar-refractivity contribution in [1.29, 1.82) is 0 Å². The summed E-state index contributed by atoms with van der Waals surface area (Å²) < 4.78 is 30.2. The summed E-state index contributed by atoms with van der Waals surface area (Å²) in [6.07, 6.45) is -8.90. The van der Waals surface area contributed by atoms with E-state index in [9.17, 15) is 39.3 Å². The predicted octanol–water partition coefficient (Wildman–Crippen LogP) is 3.61. The van der Waals surface area contributed by atoms with Gasteiger partial charge in [0.2, 0.25) is 5.91 Å². The van der Waals surface area contributed by atoms with E-state index in [4.69, 9.17) is 23.7 Å². The van der Waals surface area contributed by atoms with Crippen molar-refractivity contribution in [1.82, 2.24) is 5.32 Å². The largest absolute Gasteiger partial charge is 0.456 e. The average molecular weight is 834 g/mol. The van der Waals surface area contributed by atoms with Crippen LogP contribution in [0.25, 0.3) is 0 Å². The van der Waals surface area contributed by atoms with Gasteiger partial charge in [-0.1, -0.05) is 75.7 Å². The fourth-order valence-electron chi connectivity index (χ4n) is 9.95. The first-order valence-electron chi connectivity index (χ1n) is 20.4.